The van der Waals surface area contributed by atoms with Gasteiger partial charge in [0.25, 0.3) is 0 Å². The van der Waals surface area contributed by atoms with Gasteiger partial charge in [-0.15, -0.1) is 0 Å². The predicted molar refractivity (Wildman–Crippen MR) is 85.8 cm³/mol. The third-order valence-corrected chi connectivity index (χ3v) is 3.70. The summed E-state index contributed by atoms with van der Waals surface area (Å²) in [4.78, 5) is 0. The Morgan fingerprint density at radius 2 is 2.00 bits per heavy atom. The van der Waals surface area contributed by atoms with E-state index in [0.717, 1.165) is 35.8 Å². The quantitative estimate of drug-likeness (QED) is 0.826. The maximum Gasteiger partial charge on any atom is 0.0646 e. The van der Waals surface area contributed by atoms with E-state index in [-0.39, 0.29) is 12.0 Å². The van der Waals surface area contributed by atoms with Crippen molar-refractivity contribution in [3.63, 3.8) is 0 Å². The molecule has 0 radical (unpaired) electrons. The van der Waals surface area contributed by atoms with Crippen LogP contribution in [0.1, 0.15) is 25.8 Å². The van der Waals surface area contributed by atoms with Crippen LogP contribution < -0.4 is 5.32 Å². The third kappa shape index (κ3) is 4.84. The first-order valence-electron chi connectivity index (χ1n) is 7.11. The van der Waals surface area contributed by atoms with E-state index in [1.165, 1.54) is 0 Å². The average Bonchev–Trinajstić information content (AvgIpc) is 2.88. The first-order valence-corrected chi connectivity index (χ1v) is 7.49. The Morgan fingerprint density at radius 1 is 1.29 bits per heavy atom. The van der Waals surface area contributed by atoms with Gasteiger partial charge in [0.2, 0.25) is 0 Å². The van der Waals surface area contributed by atoms with Gasteiger partial charge >= 0.3 is 0 Å². The number of hydrogen-bond acceptors (Lipinski definition) is 3. The second kappa shape index (κ2) is 7.07. The third-order valence-electron chi connectivity index (χ3n) is 3.45. The van der Waals surface area contributed by atoms with E-state index in [9.17, 15) is 0 Å². The van der Waals surface area contributed by atoms with Gasteiger partial charge in [-0.3, -0.25) is 0 Å². The van der Waals surface area contributed by atoms with Crippen LogP contribution in [0.25, 0.3) is 5.69 Å². The molecule has 1 aromatic heterocycles. The molecule has 0 bridgehead atoms. The van der Waals surface area contributed by atoms with Crippen molar-refractivity contribution in [2.75, 3.05) is 13.2 Å². The lowest BCUT2D eigenvalue weighted by Crippen LogP contribution is -2.29. The van der Waals surface area contributed by atoms with Crippen LogP contribution in [0.3, 0.4) is 0 Å². The molecule has 0 spiro atoms. The number of aliphatic hydroxyl groups is 1. The fourth-order valence-electron chi connectivity index (χ4n) is 2.12. The molecule has 114 valence electrons. The summed E-state index contributed by atoms with van der Waals surface area (Å²) in [6, 6.07) is 7.59. The van der Waals surface area contributed by atoms with Gasteiger partial charge in [0.05, 0.1) is 11.9 Å². The van der Waals surface area contributed by atoms with Crippen LogP contribution in [0.2, 0.25) is 5.02 Å². The standard InChI is InChI=1S/C16H22ClN3O/c1-16(2,7-8-21)12-18-9-13-10-19-20(11-13)15-5-3-14(17)4-6-15/h3-6,10-11,18,21H,7-9,12H2,1-2H3. The maximum absolute atomic E-state index is 9.02. The van der Waals surface area contributed by atoms with E-state index in [2.05, 4.69) is 24.3 Å². The lowest BCUT2D eigenvalue weighted by Gasteiger charge is -2.23. The van der Waals surface area contributed by atoms with Gasteiger partial charge in [0, 0.05) is 36.5 Å². The minimum Gasteiger partial charge on any atom is -0.396 e. The number of nitrogens with zero attached hydrogens (tertiary/aromatic N) is 2. The summed E-state index contributed by atoms with van der Waals surface area (Å²) >= 11 is 5.88. The highest BCUT2D eigenvalue weighted by atomic mass is 35.5. The number of nitrogens with one attached hydrogen (secondary N) is 1. The summed E-state index contributed by atoms with van der Waals surface area (Å²) < 4.78 is 1.84. The number of aromatic nitrogens is 2. The molecule has 0 unspecified atom stereocenters. The molecule has 0 aliphatic carbocycles. The van der Waals surface area contributed by atoms with Crippen molar-refractivity contribution in [2.24, 2.45) is 5.41 Å². The van der Waals surface area contributed by atoms with Crippen molar-refractivity contribution in [1.82, 2.24) is 15.1 Å². The molecule has 0 atom stereocenters. The van der Waals surface area contributed by atoms with Gasteiger partial charge in [-0.05, 0) is 36.1 Å². The molecule has 0 aliphatic heterocycles. The summed E-state index contributed by atoms with van der Waals surface area (Å²) in [5, 5.41) is 17.5. The highest BCUT2D eigenvalue weighted by molar-refractivity contribution is 6.30. The van der Waals surface area contributed by atoms with Crippen LogP contribution in [0.15, 0.2) is 36.7 Å². The fourth-order valence-corrected chi connectivity index (χ4v) is 2.25. The van der Waals surface area contributed by atoms with E-state index in [0.29, 0.717) is 0 Å². The van der Waals surface area contributed by atoms with Crippen molar-refractivity contribution < 1.29 is 5.11 Å². The highest BCUT2D eigenvalue weighted by Crippen LogP contribution is 2.18. The SMILES string of the molecule is CC(C)(CCO)CNCc1cnn(-c2ccc(Cl)cc2)c1. The van der Waals surface area contributed by atoms with Crippen LogP contribution in [0.5, 0.6) is 0 Å². The zero-order valence-electron chi connectivity index (χ0n) is 12.5. The van der Waals surface area contributed by atoms with E-state index in [1.54, 1.807) is 0 Å². The molecule has 2 rings (SSSR count). The van der Waals surface area contributed by atoms with Gasteiger partial charge in [0.1, 0.15) is 0 Å². The molecule has 5 heteroatoms. The lowest BCUT2D eigenvalue weighted by molar-refractivity contribution is 0.207. The molecular formula is C16H22ClN3O. The zero-order chi connectivity index (χ0) is 15.3. The number of rotatable bonds is 7. The summed E-state index contributed by atoms with van der Waals surface area (Å²) in [6.45, 7) is 6.14. The van der Waals surface area contributed by atoms with Crippen molar-refractivity contribution in [2.45, 2.75) is 26.8 Å². The van der Waals surface area contributed by atoms with Crippen molar-refractivity contribution in [3.05, 3.63) is 47.2 Å². The molecule has 0 aliphatic rings. The fraction of sp³-hybridized carbons (Fsp3) is 0.438. The molecular weight excluding hydrogens is 286 g/mol. The summed E-state index contributed by atoms with van der Waals surface area (Å²) in [5.74, 6) is 0. The van der Waals surface area contributed by atoms with Gasteiger partial charge in [-0.1, -0.05) is 25.4 Å². The van der Waals surface area contributed by atoms with Crippen LogP contribution in [-0.2, 0) is 6.54 Å². The number of halogens is 1. The number of aliphatic hydroxyl groups excluding tert-OH is 1. The molecule has 1 heterocycles. The smallest absolute Gasteiger partial charge is 0.0646 e. The van der Waals surface area contributed by atoms with E-state index in [4.69, 9.17) is 16.7 Å². The Balaban J connectivity index is 1.90. The molecule has 0 fully saturated rings. The first-order chi connectivity index (χ1) is 10.00. The highest BCUT2D eigenvalue weighted by Gasteiger charge is 2.16. The molecule has 0 amide bonds. The van der Waals surface area contributed by atoms with E-state index in [1.807, 2.05) is 41.3 Å². The van der Waals surface area contributed by atoms with Crippen LogP contribution >= 0.6 is 11.6 Å². The van der Waals surface area contributed by atoms with Crippen molar-refractivity contribution in [1.29, 1.82) is 0 Å². The summed E-state index contributed by atoms with van der Waals surface area (Å²) in [5.41, 5.74) is 2.22. The molecule has 2 aromatic rings. The first kappa shape index (κ1) is 16.0. The topological polar surface area (TPSA) is 50.1 Å². The lowest BCUT2D eigenvalue weighted by atomic mass is 9.90. The Labute approximate surface area is 130 Å². The van der Waals surface area contributed by atoms with Crippen LogP contribution in [0.4, 0.5) is 0 Å². The monoisotopic (exact) mass is 307 g/mol. The predicted octanol–water partition coefficient (Wildman–Crippen LogP) is 3.02. The normalized spacial score (nSPS) is 11.8. The van der Waals surface area contributed by atoms with Crippen molar-refractivity contribution in [3.8, 4) is 5.69 Å². The molecule has 1 aromatic carbocycles. The molecule has 0 saturated carbocycles. The molecule has 21 heavy (non-hydrogen) atoms. The van der Waals surface area contributed by atoms with Gasteiger partial charge in [-0.2, -0.15) is 5.10 Å². The summed E-state index contributed by atoms with van der Waals surface area (Å²) in [7, 11) is 0. The Hall–Kier alpha value is -1.36. The van der Waals surface area contributed by atoms with Gasteiger partial charge in [0.15, 0.2) is 0 Å². The van der Waals surface area contributed by atoms with E-state index >= 15 is 0 Å². The largest absolute Gasteiger partial charge is 0.396 e. The minimum absolute atomic E-state index is 0.0981. The maximum atomic E-state index is 9.02. The average molecular weight is 308 g/mol. The molecule has 2 N–H and O–H groups in total. The van der Waals surface area contributed by atoms with Crippen LogP contribution in [-0.4, -0.2) is 28.0 Å². The Morgan fingerprint density at radius 3 is 2.67 bits per heavy atom. The summed E-state index contributed by atoms with van der Waals surface area (Å²) in [6.07, 6.45) is 4.67. The molecule has 0 saturated heterocycles. The minimum atomic E-state index is 0.0981. The van der Waals surface area contributed by atoms with Gasteiger partial charge < -0.3 is 10.4 Å². The number of hydrogen-bond donors (Lipinski definition) is 2. The number of benzene rings is 1. The zero-order valence-corrected chi connectivity index (χ0v) is 13.3. The second-order valence-electron chi connectivity index (χ2n) is 6.01. The second-order valence-corrected chi connectivity index (χ2v) is 6.45. The Bertz CT molecular complexity index is 563. The van der Waals surface area contributed by atoms with Gasteiger partial charge in [-0.25, -0.2) is 4.68 Å². The Kier molecular flexibility index (Phi) is 5.39. The van der Waals surface area contributed by atoms with E-state index < -0.39 is 0 Å². The van der Waals surface area contributed by atoms with Crippen molar-refractivity contribution >= 4 is 11.6 Å². The molecule has 4 nitrogen and oxygen atoms in total. The van der Waals surface area contributed by atoms with Crippen LogP contribution in [0, 0.1) is 5.41 Å².